The van der Waals surface area contributed by atoms with E-state index in [2.05, 4.69) is 33.9 Å². The van der Waals surface area contributed by atoms with E-state index in [-0.39, 0.29) is 5.04 Å². The monoisotopic (exact) mass is 278 g/mol. The summed E-state index contributed by atoms with van der Waals surface area (Å²) in [5.74, 6) is -0.144. The maximum atomic E-state index is 10.5. The molecule has 1 N–H and O–H groups in total. The number of hydrogen-bond acceptors (Lipinski definition) is 2. The second kappa shape index (κ2) is 5.61. The molecule has 1 rings (SSSR count). The van der Waals surface area contributed by atoms with Gasteiger partial charge in [-0.25, -0.2) is 4.79 Å². The first-order valence-electron chi connectivity index (χ1n) is 6.32. The van der Waals surface area contributed by atoms with E-state index in [1.165, 1.54) is 0 Å². The molecule has 0 saturated carbocycles. The van der Waals surface area contributed by atoms with Crippen molar-refractivity contribution in [3.8, 4) is 5.75 Å². The quantitative estimate of drug-likeness (QED) is 0.664. The van der Waals surface area contributed by atoms with Gasteiger partial charge in [0.25, 0.3) is 0 Å². The van der Waals surface area contributed by atoms with Crippen molar-refractivity contribution >= 4 is 20.4 Å². The fraction of sp³-hybridized carbons (Fsp3) is 0.400. The smallest absolute Gasteiger partial charge is 0.328 e. The molecular formula is C15H22O3Si. The zero-order valence-electron chi connectivity index (χ0n) is 12.2. The zero-order valence-corrected chi connectivity index (χ0v) is 13.2. The third-order valence-electron chi connectivity index (χ3n) is 3.46. The lowest BCUT2D eigenvalue weighted by Gasteiger charge is -2.36. The summed E-state index contributed by atoms with van der Waals surface area (Å²) < 4.78 is 6.17. The molecule has 0 unspecified atom stereocenters. The van der Waals surface area contributed by atoms with Crippen molar-refractivity contribution in [3.05, 3.63) is 35.9 Å². The molecule has 104 valence electrons. The average molecular weight is 278 g/mol. The largest absolute Gasteiger partial charge is 0.543 e. The highest BCUT2D eigenvalue weighted by molar-refractivity contribution is 6.74. The van der Waals surface area contributed by atoms with Gasteiger partial charge in [0.1, 0.15) is 5.75 Å². The van der Waals surface area contributed by atoms with Gasteiger partial charge in [-0.05, 0) is 41.9 Å². The third kappa shape index (κ3) is 4.56. The molecule has 0 aliphatic rings. The van der Waals surface area contributed by atoms with Crippen molar-refractivity contribution < 1.29 is 14.3 Å². The normalized spacial score (nSPS) is 12.7. The molecule has 19 heavy (non-hydrogen) atoms. The van der Waals surface area contributed by atoms with Gasteiger partial charge in [-0.2, -0.15) is 0 Å². The van der Waals surface area contributed by atoms with Gasteiger partial charge in [0, 0.05) is 6.08 Å². The van der Waals surface area contributed by atoms with Crippen LogP contribution in [0, 0.1) is 0 Å². The minimum absolute atomic E-state index is 0.139. The Bertz CT molecular complexity index is 484. The van der Waals surface area contributed by atoms with Crippen molar-refractivity contribution in [1.82, 2.24) is 0 Å². The number of aliphatic carboxylic acids is 1. The first-order chi connectivity index (χ1) is 8.62. The molecule has 0 aromatic heterocycles. The lowest BCUT2D eigenvalue weighted by atomic mass is 10.2. The summed E-state index contributed by atoms with van der Waals surface area (Å²) in [5, 5.41) is 8.76. The molecule has 1 aromatic rings. The molecule has 0 heterocycles. The Hall–Kier alpha value is -1.55. The summed E-state index contributed by atoms with van der Waals surface area (Å²) in [5.41, 5.74) is 0.832. The number of carbonyl (C=O) groups is 1. The van der Waals surface area contributed by atoms with Gasteiger partial charge in [0.05, 0.1) is 0 Å². The van der Waals surface area contributed by atoms with Gasteiger partial charge in [0.15, 0.2) is 0 Å². The third-order valence-corrected chi connectivity index (χ3v) is 7.81. The van der Waals surface area contributed by atoms with Gasteiger partial charge in [0.2, 0.25) is 8.32 Å². The van der Waals surface area contributed by atoms with Crippen LogP contribution in [0.1, 0.15) is 26.3 Å². The molecule has 0 aliphatic heterocycles. The second-order valence-corrected chi connectivity index (χ2v) is 10.8. The summed E-state index contributed by atoms with van der Waals surface area (Å²) in [6, 6.07) is 7.53. The van der Waals surface area contributed by atoms with Crippen LogP contribution in [0.25, 0.3) is 6.08 Å². The number of hydrogen-bond donors (Lipinski definition) is 1. The van der Waals surface area contributed by atoms with E-state index >= 15 is 0 Å². The van der Waals surface area contributed by atoms with E-state index in [9.17, 15) is 4.79 Å². The lowest BCUT2D eigenvalue weighted by Crippen LogP contribution is -2.43. The van der Waals surface area contributed by atoms with Crippen LogP contribution in [-0.2, 0) is 4.79 Å². The van der Waals surface area contributed by atoms with Crippen LogP contribution in [-0.4, -0.2) is 19.4 Å². The molecule has 0 amide bonds. The van der Waals surface area contributed by atoms with Crippen LogP contribution < -0.4 is 4.43 Å². The Morgan fingerprint density at radius 3 is 2.47 bits per heavy atom. The van der Waals surface area contributed by atoms with Crippen molar-refractivity contribution in [3.63, 3.8) is 0 Å². The average Bonchev–Trinajstić information content (AvgIpc) is 2.24. The molecule has 0 radical (unpaired) electrons. The van der Waals surface area contributed by atoms with Crippen LogP contribution in [0.3, 0.4) is 0 Å². The van der Waals surface area contributed by atoms with Crippen LogP contribution in [0.2, 0.25) is 18.1 Å². The molecule has 0 atom stereocenters. The SMILES string of the molecule is CC(C)(C)[Si](C)(C)Oc1cccc(/C=C/C(=O)O)c1. The summed E-state index contributed by atoms with van der Waals surface area (Å²) in [6.07, 6.45) is 2.70. The van der Waals surface area contributed by atoms with Crippen molar-refractivity contribution in [2.75, 3.05) is 0 Å². The van der Waals surface area contributed by atoms with E-state index < -0.39 is 14.3 Å². The predicted octanol–water partition coefficient (Wildman–Crippen LogP) is 4.17. The van der Waals surface area contributed by atoms with Crippen molar-refractivity contribution in [2.24, 2.45) is 0 Å². The molecule has 0 fully saturated rings. The summed E-state index contributed by atoms with van der Waals surface area (Å²) >= 11 is 0. The molecular weight excluding hydrogens is 256 g/mol. The van der Waals surface area contributed by atoms with Gasteiger partial charge >= 0.3 is 5.97 Å². The van der Waals surface area contributed by atoms with E-state index in [0.29, 0.717) is 0 Å². The number of benzene rings is 1. The van der Waals surface area contributed by atoms with Crippen molar-refractivity contribution in [1.29, 1.82) is 0 Å². The molecule has 3 nitrogen and oxygen atoms in total. The maximum absolute atomic E-state index is 10.5. The van der Waals surface area contributed by atoms with Crippen LogP contribution >= 0.6 is 0 Å². The minimum Gasteiger partial charge on any atom is -0.543 e. The molecule has 0 bridgehead atoms. The second-order valence-electron chi connectivity index (χ2n) is 6.11. The lowest BCUT2D eigenvalue weighted by molar-refractivity contribution is -0.131. The van der Waals surface area contributed by atoms with E-state index in [1.807, 2.05) is 24.3 Å². The highest BCUT2D eigenvalue weighted by atomic mass is 28.4. The molecule has 0 saturated heterocycles. The summed E-state index contributed by atoms with van der Waals surface area (Å²) in [7, 11) is -1.85. The molecule has 0 aliphatic carbocycles. The molecule has 0 spiro atoms. The van der Waals surface area contributed by atoms with E-state index in [1.54, 1.807) is 6.08 Å². The van der Waals surface area contributed by atoms with Gasteiger partial charge < -0.3 is 9.53 Å². The topological polar surface area (TPSA) is 46.5 Å². The highest BCUT2D eigenvalue weighted by Crippen LogP contribution is 2.37. The Kier molecular flexibility index (Phi) is 4.58. The van der Waals surface area contributed by atoms with Crippen molar-refractivity contribution in [2.45, 2.75) is 38.9 Å². The van der Waals surface area contributed by atoms with Gasteiger partial charge in [-0.1, -0.05) is 32.9 Å². The number of rotatable bonds is 4. The number of carboxylic acids is 1. The number of carboxylic acid groups (broad SMARTS) is 1. The summed E-state index contributed by atoms with van der Waals surface area (Å²) in [4.78, 5) is 10.5. The Morgan fingerprint density at radius 2 is 1.95 bits per heavy atom. The van der Waals surface area contributed by atoms with Crippen LogP contribution in [0.4, 0.5) is 0 Å². The Labute approximate surface area is 116 Å². The minimum atomic E-state index is -1.85. The zero-order chi connectivity index (χ0) is 14.7. The van der Waals surface area contributed by atoms with Crippen LogP contribution in [0.15, 0.2) is 30.3 Å². The highest BCUT2D eigenvalue weighted by Gasteiger charge is 2.38. The maximum Gasteiger partial charge on any atom is 0.328 e. The van der Waals surface area contributed by atoms with E-state index in [0.717, 1.165) is 17.4 Å². The molecule has 4 heteroatoms. The fourth-order valence-electron chi connectivity index (χ4n) is 1.30. The predicted molar refractivity (Wildman–Crippen MR) is 80.9 cm³/mol. The first kappa shape index (κ1) is 15.5. The summed E-state index contributed by atoms with van der Waals surface area (Å²) in [6.45, 7) is 10.9. The Balaban J connectivity index is 2.92. The standard InChI is InChI=1S/C15H22O3Si/c1-15(2,3)19(4,5)18-13-8-6-7-12(11-13)9-10-14(16)17/h6-11H,1-5H3,(H,16,17)/b10-9+. The van der Waals surface area contributed by atoms with Gasteiger partial charge in [-0.3, -0.25) is 0 Å². The van der Waals surface area contributed by atoms with Gasteiger partial charge in [-0.15, -0.1) is 0 Å². The molecule has 1 aromatic carbocycles. The van der Waals surface area contributed by atoms with E-state index in [4.69, 9.17) is 9.53 Å². The Morgan fingerprint density at radius 1 is 1.32 bits per heavy atom. The van der Waals surface area contributed by atoms with Crippen LogP contribution in [0.5, 0.6) is 5.75 Å². The first-order valence-corrected chi connectivity index (χ1v) is 9.23. The fourth-order valence-corrected chi connectivity index (χ4v) is 2.32.